The van der Waals surface area contributed by atoms with Gasteiger partial charge in [0.1, 0.15) is 24.5 Å². The molecule has 26 nitrogen and oxygen atoms in total. The molecule has 0 aliphatic carbocycles. The van der Waals surface area contributed by atoms with Gasteiger partial charge in [-0.15, -0.1) is 0 Å². The Morgan fingerprint density at radius 2 is 0.627 bits per heavy atom. The zero-order valence-corrected chi connectivity index (χ0v) is 47.5. The molecule has 0 aliphatic rings. The van der Waals surface area contributed by atoms with E-state index in [-0.39, 0.29) is 47.6 Å². The van der Waals surface area contributed by atoms with E-state index >= 15 is 0 Å². The van der Waals surface area contributed by atoms with Crippen LogP contribution in [0.25, 0.3) is 53.9 Å². The van der Waals surface area contributed by atoms with E-state index in [0.29, 0.717) is 44.7 Å². The van der Waals surface area contributed by atoms with E-state index in [1.807, 2.05) is 0 Å². The van der Waals surface area contributed by atoms with Gasteiger partial charge in [-0.05, 0) is 101 Å². The van der Waals surface area contributed by atoms with Gasteiger partial charge in [-0.25, -0.2) is 0 Å². The fourth-order valence-corrected chi connectivity index (χ4v) is 12.8. The number of fused-ring (bicyclic) bond motifs is 5. The summed E-state index contributed by atoms with van der Waals surface area (Å²) in [6, 6.07) is 40.4. The summed E-state index contributed by atoms with van der Waals surface area (Å²) in [5.41, 5.74) is 29.6. The number of nitrogens with two attached hydrogens (primary N) is 5. The summed E-state index contributed by atoms with van der Waals surface area (Å²) in [7, 11) is -30.9. The third-order valence-corrected chi connectivity index (χ3v) is 17.8. The molecule has 83 heavy (non-hydrogen) atoms. The Kier molecular flexibility index (Phi) is 18.5. The quantitative estimate of drug-likeness (QED) is 0.0574. The SMILES string of the molecule is Nc1ccc(S(=O)(=O)O)c2ccccc12.Nc1ccc2c(S(=O)(=O)O)cccc2c1S(=O)(=O)O.Nc1ccc2cc(S(=O)(=O)O)cc(S(=O)(=O)O)c2c1.Nc1ccc2cc(S(=O)(=O)O)ccc2c1.Nc1cccc2c(S(=O)(=O)O)cccc12. The van der Waals surface area contributed by atoms with Gasteiger partial charge in [0.2, 0.25) is 0 Å². The van der Waals surface area contributed by atoms with Crippen molar-refractivity contribution in [3.8, 4) is 0 Å². The van der Waals surface area contributed by atoms with Gasteiger partial charge >= 0.3 is 0 Å². The van der Waals surface area contributed by atoms with Crippen LogP contribution in [-0.4, -0.2) is 90.8 Å². The Balaban J connectivity index is 0.000000167. The second-order valence-corrected chi connectivity index (χ2v) is 27.0. The summed E-state index contributed by atoms with van der Waals surface area (Å²) >= 11 is 0. The van der Waals surface area contributed by atoms with E-state index in [2.05, 4.69) is 0 Å². The molecule has 33 heteroatoms. The Labute approximate surface area is 473 Å². The Morgan fingerprint density at radius 3 is 1.14 bits per heavy atom. The van der Waals surface area contributed by atoms with Crippen molar-refractivity contribution in [2.24, 2.45) is 0 Å². The zero-order chi connectivity index (χ0) is 62.0. The van der Waals surface area contributed by atoms with E-state index in [0.717, 1.165) is 29.0 Å². The van der Waals surface area contributed by atoms with Gasteiger partial charge in [-0.1, -0.05) is 84.9 Å². The van der Waals surface area contributed by atoms with Crippen molar-refractivity contribution in [2.75, 3.05) is 28.7 Å². The Bertz CT molecular complexity index is 5010. The highest BCUT2D eigenvalue weighted by Crippen LogP contribution is 2.34. The molecule has 10 aromatic carbocycles. The molecule has 0 amide bonds. The molecule has 0 aliphatic heterocycles. The lowest BCUT2D eigenvalue weighted by Gasteiger charge is -2.09. The van der Waals surface area contributed by atoms with Crippen LogP contribution in [0, 0.1) is 0 Å². The molecule has 0 spiro atoms. The van der Waals surface area contributed by atoms with Crippen LogP contribution in [0.3, 0.4) is 0 Å². The van der Waals surface area contributed by atoms with Crippen LogP contribution in [0.4, 0.5) is 28.4 Å². The minimum absolute atomic E-state index is 0.0492. The topological polar surface area (TPSA) is 511 Å². The molecule has 0 saturated heterocycles. The Hall–Kier alpha value is -8.13. The first kappa shape index (κ1) is 64.0. The van der Waals surface area contributed by atoms with Crippen molar-refractivity contribution in [3.05, 3.63) is 170 Å². The molecule has 10 aromatic rings. The zero-order valence-electron chi connectivity index (χ0n) is 41.8. The first-order chi connectivity index (χ1) is 38.2. The second kappa shape index (κ2) is 24.0. The lowest BCUT2D eigenvalue weighted by Crippen LogP contribution is -2.06. The maximum atomic E-state index is 11.3. The van der Waals surface area contributed by atoms with Crippen LogP contribution in [-0.2, 0) is 70.8 Å². The third kappa shape index (κ3) is 15.7. The molecule has 0 saturated carbocycles. The largest absolute Gasteiger partial charge is 0.399 e. The van der Waals surface area contributed by atoms with Gasteiger partial charge in [0.05, 0.1) is 15.5 Å². The summed E-state index contributed by atoms with van der Waals surface area (Å²) < 4.78 is 219. The van der Waals surface area contributed by atoms with Crippen molar-refractivity contribution >= 4 is 153 Å². The molecular formula is C50H45N5O21S7. The van der Waals surface area contributed by atoms with Crippen molar-refractivity contribution in [3.63, 3.8) is 0 Å². The van der Waals surface area contributed by atoms with E-state index in [1.54, 1.807) is 78.9 Å². The molecule has 438 valence electrons. The van der Waals surface area contributed by atoms with Crippen LogP contribution >= 0.6 is 0 Å². The molecule has 0 heterocycles. The van der Waals surface area contributed by atoms with Gasteiger partial charge < -0.3 is 28.7 Å². The van der Waals surface area contributed by atoms with Crippen molar-refractivity contribution in [1.82, 2.24) is 0 Å². The molecule has 10 rings (SSSR count). The van der Waals surface area contributed by atoms with Crippen LogP contribution < -0.4 is 28.7 Å². The number of rotatable bonds is 7. The van der Waals surface area contributed by atoms with Crippen LogP contribution in [0.2, 0.25) is 0 Å². The van der Waals surface area contributed by atoms with E-state index in [9.17, 15) is 58.9 Å². The summed E-state index contributed by atoms with van der Waals surface area (Å²) in [5.74, 6) is 0. The molecule has 0 fully saturated rings. The fraction of sp³-hybridized carbons (Fsp3) is 0. The summed E-state index contributed by atoms with van der Waals surface area (Å²) in [5, 5.41) is 3.79. The molecule has 0 bridgehead atoms. The van der Waals surface area contributed by atoms with Gasteiger partial charge in [-0.3, -0.25) is 31.9 Å². The summed E-state index contributed by atoms with van der Waals surface area (Å²) in [6.07, 6.45) is 0. The average molecular weight is 1280 g/mol. The molecule has 0 aromatic heterocycles. The molecule has 0 atom stereocenters. The van der Waals surface area contributed by atoms with Crippen molar-refractivity contribution in [1.29, 1.82) is 0 Å². The minimum atomic E-state index is -4.66. The van der Waals surface area contributed by atoms with Crippen molar-refractivity contribution < 1.29 is 90.8 Å². The van der Waals surface area contributed by atoms with Crippen LogP contribution in [0.1, 0.15) is 0 Å². The van der Waals surface area contributed by atoms with Gasteiger partial charge in [0.15, 0.2) is 0 Å². The number of benzene rings is 10. The highest BCUT2D eigenvalue weighted by atomic mass is 32.2. The Morgan fingerprint density at radius 1 is 0.241 bits per heavy atom. The number of hydrogen-bond acceptors (Lipinski definition) is 19. The minimum Gasteiger partial charge on any atom is -0.399 e. The van der Waals surface area contributed by atoms with Crippen molar-refractivity contribution in [2.45, 2.75) is 34.3 Å². The highest BCUT2D eigenvalue weighted by Gasteiger charge is 2.23. The number of anilines is 5. The number of hydrogen-bond donors (Lipinski definition) is 12. The standard InChI is InChI=1S/2C10H9NO6S2.3C10H9NO3S/c11-7-2-1-6-3-8(18(12,13)14)5-10(9(6)4-7)19(15,16)17;11-8-5-4-6-7(10(8)19(15,16)17)2-1-3-9(6)18(12,13)14;11-9-5-1-4-8-7(9)3-2-6-10(8)15(12,13)14;11-9-3-1-8-6-10(15(12,13)14)4-2-7(8)5-9;11-9-5-6-10(15(12,13)14)8-4-2-1-3-7(8)9/h2*1-5H,11H2,(H,12,13,14)(H,15,16,17);3*1-6H,11H2,(H,12,13,14). The maximum absolute atomic E-state index is 11.3. The van der Waals surface area contributed by atoms with Crippen LogP contribution in [0.15, 0.2) is 204 Å². The van der Waals surface area contributed by atoms with E-state index in [4.69, 9.17) is 60.5 Å². The second-order valence-electron chi connectivity index (χ2n) is 17.2. The normalized spacial score (nSPS) is 12.2. The lowest BCUT2D eigenvalue weighted by atomic mass is 10.1. The molecule has 17 N–H and O–H groups in total. The van der Waals surface area contributed by atoms with E-state index < -0.39 is 90.4 Å². The summed E-state index contributed by atoms with van der Waals surface area (Å²) in [6.45, 7) is 0. The highest BCUT2D eigenvalue weighted by molar-refractivity contribution is 7.87. The van der Waals surface area contributed by atoms with E-state index in [1.165, 1.54) is 66.7 Å². The summed E-state index contributed by atoms with van der Waals surface area (Å²) in [4.78, 5) is -2.66. The first-order valence-electron chi connectivity index (χ1n) is 22.5. The smallest absolute Gasteiger partial charge is 0.297 e. The molecule has 0 radical (unpaired) electrons. The maximum Gasteiger partial charge on any atom is 0.297 e. The first-order valence-corrected chi connectivity index (χ1v) is 32.6. The van der Waals surface area contributed by atoms with Crippen LogP contribution in [0.5, 0.6) is 0 Å². The monoisotopic (exact) mass is 1280 g/mol. The number of nitrogen functional groups attached to an aromatic ring is 5. The molecular weight excluding hydrogens is 1230 g/mol. The van der Waals surface area contributed by atoms with Gasteiger partial charge in [0.25, 0.3) is 70.8 Å². The third-order valence-electron chi connectivity index (χ3n) is 11.6. The fourth-order valence-electron chi connectivity index (χ4n) is 7.96. The van der Waals surface area contributed by atoms with Gasteiger partial charge in [-0.2, -0.15) is 58.9 Å². The average Bonchev–Trinajstić information content (AvgIpc) is 3.57. The predicted octanol–water partition coefficient (Wildman–Crippen LogP) is 6.84. The predicted molar refractivity (Wildman–Crippen MR) is 311 cm³/mol. The molecule has 0 unspecified atom stereocenters. The lowest BCUT2D eigenvalue weighted by molar-refractivity contribution is 0.478. The van der Waals surface area contributed by atoms with Gasteiger partial charge in [0, 0.05) is 60.5 Å².